The number of halogens is 1. The molecule has 0 aliphatic rings. The van der Waals surface area contributed by atoms with Gasteiger partial charge in [0.2, 0.25) is 5.88 Å². The Labute approximate surface area is 153 Å². The third kappa shape index (κ3) is 4.34. The Hall–Kier alpha value is -3.45. The van der Waals surface area contributed by atoms with Gasteiger partial charge >= 0.3 is 0 Å². The normalized spacial score (nSPS) is 10.2. The molecule has 3 aromatic rings. The van der Waals surface area contributed by atoms with Crippen LogP contribution in [0, 0.1) is 10.1 Å². The second-order valence-electron chi connectivity index (χ2n) is 5.20. The number of nitrogens with one attached hydrogen (secondary N) is 1. The molecule has 0 unspecified atom stereocenters. The van der Waals surface area contributed by atoms with Gasteiger partial charge in [-0.05, 0) is 42.5 Å². The fraction of sp³-hybridized carbons (Fsp3) is 0. The van der Waals surface area contributed by atoms with Gasteiger partial charge in [-0.2, -0.15) is 0 Å². The zero-order valence-electron chi connectivity index (χ0n) is 13.3. The number of hydrogen-bond acceptors (Lipinski definition) is 5. The molecule has 0 spiro atoms. The first-order chi connectivity index (χ1) is 12.5. The molecule has 0 atom stereocenters. The Bertz CT molecular complexity index is 926. The minimum absolute atomic E-state index is 0.0769. The molecule has 0 fully saturated rings. The van der Waals surface area contributed by atoms with Crippen LogP contribution in [0.3, 0.4) is 0 Å². The van der Waals surface area contributed by atoms with Gasteiger partial charge in [-0.25, -0.2) is 4.98 Å². The Balaban J connectivity index is 1.64. The Morgan fingerprint density at radius 3 is 2.31 bits per heavy atom. The summed E-state index contributed by atoms with van der Waals surface area (Å²) in [4.78, 5) is 26.4. The molecule has 0 saturated heterocycles. The number of nitro benzene ring substituents is 1. The molecule has 2 aromatic carbocycles. The van der Waals surface area contributed by atoms with E-state index >= 15 is 0 Å². The number of nitro groups is 1. The van der Waals surface area contributed by atoms with E-state index in [4.69, 9.17) is 16.3 Å². The summed E-state index contributed by atoms with van der Waals surface area (Å²) in [5, 5.41) is 13.9. The number of pyridine rings is 1. The van der Waals surface area contributed by atoms with E-state index in [1.54, 1.807) is 36.4 Å². The molecule has 1 heterocycles. The van der Waals surface area contributed by atoms with Crippen molar-refractivity contribution < 1.29 is 14.5 Å². The first kappa shape index (κ1) is 17.4. The van der Waals surface area contributed by atoms with Crippen LogP contribution in [-0.4, -0.2) is 15.8 Å². The number of aromatic nitrogens is 1. The number of carbonyl (C=O) groups is 1. The van der Waals surface area contributed by atoms with Gasteiger partial charge in [0.05, 0.1) is 16.8 Å². The fourth-order valence-electron chi connectivity index (χ4n) is 2.08. The lowest BCUT2D eigenvalue weighted by molar-refractivity contribution is -0.384. The van der Waals surface area contributed by atoms with Crippen LogP contribution in [0.1, 0.15) is 10.4 Å². The molecule has 1 aromatic heterocycles. The van der Waals surface area contributed by atoms with Gasteiger partial charge in [0.15, 0.2) is 0 Å². The summed E-state index contributed by atoms with van der Waals surface area (Å²) in [6, 6.07) is 15.4. The summed E-state index contributed by atoms with van der Waals surface area (Å²) in [5.41, 5.74) is 0.695. The molecular weight excluding hydrogens is 358 g/mol. The number of ether oxygens (including phenoxy) is 1. The van der Waals surface area contributed by atoms with Gasteiger partial charge in [-0.15, -0.1) is 0 Å². The van der Waals surface area contributed by atoms with E-state index in [1.807, 2.05) is 0 Å². The fourth-order valence-corrected chi connectivity index (χ4v) is 2.20. The number of benzene rings is 2. The van der Waals surface area contributed by atoms with Crippen molar-refractivity contribution in [3.8, 4) is 11.6 Å². The van der Waals surface area contributed by atoms with Crippen molar-refractivity contribution in [2.24, 2.45) is 0 Å². The highest BCUT2D eigenvalue weighted by Gasteiger charge is 2.10. The van der Waals surface area contributed by atoms with Crippen LogP contribution in [-0.2, 0) is 0 Å². The minimum Gasteiger partial charge on any atom is -0.439 e. The lowest BCUT2D eigenvalue weighted by Crippen LogP contribution is -2.12. The van der Waals surface area contributed by atoms with Crippen LogP contribution >= 0.6 is 11.6 Å². The van der Waals surface area contributed by atoms with Gasteiger partial charge in [0, 0.05) is 28.8 Å². The van der Waals surface area contributed by atoms with Crippen molar-refractivity contribution in [2.45, 2.75) is 0 Å². The standard InChI is InChI=1S/C18H12ClN3O4/c19-13-3-8-16(9-4-13)26-17-10-5-14(11-20-17)21-18(23)12-1-6-15(7-2-12)22(24)25/h1-11H,(H,21,23). The van der Waals surface area contributed by atoms with Gasteiger partial charge in [0.25, 0.3) is 11.6 Å². The number of nitrogens with zero attached hydrogens (tertiary/aromatic N) is 2. The van der Waals surface area contributed by atoms with E-state index in [0.717, 1.165) is 0 Å². The molecule has 1 N–H and O–H groups in total. The maximum atomic E-state index is 12.2. The minimum atomic E-state index is -0.523. The highest BCUT2D eigenvalue weighted by Crippen LogP contribution is 2.22. The number of hydrogen-bond donors (Lipinski definition) is 1. The molecule has 26 heavy (non-hydrogen) atoms. The summed E-state index contributed by atoms with van der Waals surface area (Å²) in [7, 11) is 0. The summed E-state index contributed by atoms with van der Waals surface area (Å²) in [6.07, 6.45) is 1.45. The van der Waals surface area contributed by atoms with E-state index in [-0.39, 0.29) is 5.69 Å². The third-order valence-electron chi connectivity index (χ3n) is 3.37. The Morgan fingerprint density at radius 1 is 1.04 bits per heavy atom. The summed E-state index contributed by atoms with van der Waals surface area (Å²) in [6.45, 7) is 0. The highest BCUT2D eigenvalue weighted by atomic mass is 35.5. The molecule has 130 valence electrons. The summed E-state index contributed by atoms with van der Waals surface area (Å²) < 4.78 is 5.57. The smallest absolute Gasteiger partial charge is 0.269 e. The number of carbonyl (C=O) groups excluding carboxylic acids is 1. The van der Waals surface area contributed by atoms with Crippen LogP contribution in [0.5, 0.6) is 11.6 Å². The number of rotatable bonds is 5. The lowest BCUT2D eigenvalue weighted by Gasteiger charge is -2.07. The lowest BCUT2D eigenvalue weighted by atomic mass is 10.2. The molecule has 0 bridgehead atoms. The number of anilines is 1. The molecule has 0 aliphatic heterocycles. The molecule has 3 rings (SSSR count). The van der Waals surface area contributed by atoms with Crippen LogP contribution < -0.4 is 10.1 Å². The van der Waals surface area contributed by atoms with Crippen molar-refractivity contribution in [3.05, 3.63) is 87.6 Å². The molecule has 1 amide bonds. The van der Waals surface area contributed by atoms with Gasteiger partial charge in [0.1, 0.15) is 5.75 Å². The average Bonchev–Trinajstić information content (AvgIpc) is 2.65. The van der Waals surface area contributed by atoms with E-state index in [2.05, 4.69) is 10.3 Å². The van der Waals surface area contributed by atoms with Crippen LogP contribution in [0.15, 0.2) is 66.9 Å². The van der Waals surface area contributed by atoms with Crippen LogP contribution in [0.2, 0.25) is 5.02 Å². The van der Waals surface area contributed by atoms with Gasteiger partial charge in [-0.3, -0.25) is 14.9 Å². The van der Waals surface area contributed by atoms with Crippen molar-refractivity contribution in [1.82, 2.24) is 4.98 Å². The summed E-state index contributed by atoms with van der Waals surface area (Å²) in [5.74, 6) is 0.554. The second kappa shape index (κ2) is 7.62. The molecule has 0 saturated carbocycles. The molecule has 0 aliphatic carbocycles. The first-order valence-corrected chi connectivity index (χ1v) is 7.84. The highest BCUT2D eigenvalue weighted by molar-refractivity contribution is 6.30. The first-order valence-electron chi connectivity index (χ1n) is 7.46. The maximum Gasteiger partial charge on any atom is 0.269 e. The average molecular weight is 370 g/mol. The van der Waals surface area contributed by atoms with E-state index < -0.39 is 10.8 Å². The number of non-ortho nitro benzene ring substituents is 1. The van der Waals surface area contributed by atoms with Crippen molar-refractivity contribution in [3.63, 3.8) is 0 Å². The third-order valence-corrected chi connectivity index (χ3v) is 3.62. The van der Waals surface area contributed by atoms with E-state index in [9.17, 15) is 14.9 Å². The van der Waals surface area contributed by atoms with Crippen LogP contribution in [0.25, 0.3) is 0 Å². The molecular formula is C18H12ClN3O4. The predicted molar refractivity (Wildman–Crippen MR) is 96.8 cm³/mol. The Morgan fingerprint density at radius 2 is 1.73 bits per heavy atom. The van der Waals surface area contributed by atoms with Crippen molar-refractivity contribution in [2.75, 3.05) is 5.32 Å². The largest absolute Gasteiger partial charge is 0.439 e. The summed E-state index contributed by atoms with van der Waals surface area (Å²) >= 11 is 5.81. The van der Waals surface area contributed by atoms with Crippen molar-refractivity contribution in [1.29, 1.82) is 0 Å². The van der Waals surface area contributed by atoms with Gasteiger partial charge < -0.3 is 10.1 Å². The molecule has 7 nitrogen and oxygen atoms in total. The molecule has 0 radical (unpaired) electrons. The van der Waals surface area contributed by atoms with E-state index in [1.165, 1.54) is 30.5 Å². The SMILES string of the molecule is O=C(Nc1ccc(Oc2ccc(Cl)cc2)nc1)c1ccc([N+](=O)[O-])cc1. The quantitative estimate of drug-likeness (QED) is 0.520. The maximum absolute atomic E-state index is 12.2. The van der Waals surface area contributed by atoms with E-state index in [0.29, 0.717) is 27.9 Å². The van der Waals surface area contributed by atoms with Crippen LogP contribution in [0.4, 0.5) is 11.4 Å². The van der Waals surface area contributed by atoms with Gasteiger partial charge in [-0.1, -0.05) is 11.6 Å². The molecule has 8 heteroatoms. The number of amides is 1. The van der Waals surface area contributed by atoms with Crippen molar-refractivity contribution >= 4 is 28.9 Å². The predicted octanol–water partition coefficient (Wildman–Crippen LogP) is 4.69. The topological polar surface area (TPSA) is 94.4 Å². The second-order valence-corrected chi connectivity index (χ2v) is 5.64. The monoisotopic (exact) mass is 369 g/mol. The zero-order chi connectivity index (χ0) is 18.5. The zero-order valence-corrected chi connectivity index (χ0v) is 14.0. The Kier molecular flexibility index (Phi) is 5.09.